The Bertz CT molecular complexity index is 404. The molecule has 1 aromatic rings. The number of nitrogens with zero attached hydrogens (tertiary/aromatic N) is 1. The number of aromatic nitrogens is 1. The summed E-state index contributed by atoms with van der Waals surface area (Å²) in [6.07, 6.45) is 3.44. The summed E-state index contributed by atoms with van der Waals surface area (Å²) in [5.41, 5.74) is 0.861. The van der Waals surface area contributed by atoms with E-state index in [2.05, 4.69) is 10.3 Å². The summed E-state index contributed by atoms with van der Waals surface area (Å²) >= 11 is 0. The van der Waals surface area contributed by atoms with Crippen LogP contribution in [-0.2, 0) is 16.0 Å². The van der Waals surface area contributed by atoms with E-state index in [9.17, 15) is 9.59 Å². The predicted octanol–water partition coefficient (Wildman–Crippen LogP) is 1.24. The second-order valence-corrected chi connectivity index (χ2v) is 4.55. The van der Waals surface area contributed by atoms with E-state index in [1.807, 2.05) is 13.8 Å². The van der Waals surface area contributed by atoms with Crippen molar-refractivity contribution >= 4 is 11.9 Å². The molecule has 1 amide bonds. The molecule has 0 aliphatic carbocycles. The van der Waals surface area contributed by atoms with Gasteiger partial charge in [-0.1, -0.05) is 13.8 Å². The largest absolute Gasteiger partial charge is 0.481 e. The van der Waals surface area contributed by atoms with Gasteiger partial charge >= 0.3 is 5.97 Å². The quantitative estimate of drug-likeness (QED) is 0.796. The molecule has 0 unspecified atom stereocenters. The number of pyridine rings is 1. The molecule has 0 fully saturated rings. The molecule has 0 radical (unpaired) electrons. The van der Waals surface area contributed by atoms with Gasteiger partial charge in [0.1, 0.15) is 0 Å². The standard InChI is InChI=1S/C13H18N2O3/c1-9(2)11(8-13(17)18)15-12(16)7-10-3-5-14-6-4-10/h3-6,9,11H,7-8H2,1-2H3,(H,15,16)(H,17,18)/t11-/m0/s1. The monoisotopic (exact) mass is 250 g/mol. The Morgan fingerprint density at radius 2 is 1.94 bits per heavy atom. The molecule has 1 aromatic heterocycles. The summed E-state index contributed by atoms with van der Waals surface area (Å²) in [6, 6.07) is 3.19. The zero-order chi connectivity index (χ0) is 13.5. The Balaban J connectivity index is 2.54. The molecule has 18 heavy (non-hydrogen) atoms. The first-order chi connectivity index (χ1) is 8.49. The minimum atomic E-state index is -0.905. The number of amides is 1. The first-order valence-electron chi connectivity index (χ1n) is 5.89. The van der Waals surface area contributed by atoms with E-state index in [1.165, 1.54) is 0 Å². The van der Waals surface area contributed by atoms with Crippen molar-refractivity contribution in [2.75, 3.05) is 0 Å². The highest BCUT2D eigenvalue weighted by atomic mass is 16.4. The van der Waals surface area contributed by atoms with Gasteiger partial charge in [0.05, 0.1) is 12.8 Å². The predicted molar refractivity (Wildman–Crippen MR) is 67.0 cm³/mol. The molecular weight excluding hydrogens is 232 g/mol. The number of carboxylic acids is 1. The molecule has 1 heterocycles. The van der Waals surface area contributed by atoms with E-state index in [1.54, 1.807) is 24.5 Å². The average molecular weight is 250 g/mol. The summed E-state index contributed by atoms with van der Waals surface area (Å²) in [5, 5.41) is 11.5. The Hall–Kier alpha value is -1.91. The molecule has 5 heteroatoms. The van der Waals surface area contributed by atoms with Crippen LogP contribution in [0.3, 0.4) is 0 Å². The fraction of sp³-hybridized carbons (Fsp3) is 0.462. The zero-order valence-electron chi connectivity index (χ0n) is 10.6. The van der Waals surface area contributed by atoms with Crippen LogP contribution in [0.2, 0.25) is 0 Å². The number of carboxylic acid groups (broad SMARTS) is 1. The summed E-state index contributed by atoms with van der Waals surface area (Å²) in [5.74, 6) is -0.985. The molecule has 0 aromatic carbocycles. The number of aliphatic carboxylic acids is 1. The minimum absolute atomic E-state index is 0.0558. The molecule has 98 valence electrons. The summed E-state index contributed by atoms with van der Waals surface area (Å²) in [4.78, 5) is 26.4. The summed E-state index contributed by atoms with van der Waals surface area (Å²) in [7, 11) is 0. The van der Waals surface area contributed by atoms with Crippen molar-refractivity contribution in [3.05, 3.63) is 30.1 Å². The van der Waals surface area contributed by atoms with Gasteiger partial charge in [0.15, 0.2) is 0 Å². The molecule has 2 N–H and O–H groups in total. The molecule has 1 atom stereocenters. The molecule has 5 nitrogen and oxygen atoms in total. The van der Waals surface area contributed by atoms with Gasteiger partial charge in [-0.05, 0) is 23.6 Å². The molecular formula is C13H18N2O3. The molecule has 0 bridgehead atoms. The van der Waals surface area contributed by atoms with Crippen molar-refractivity contribution < 1.29 is 14.7 Å². The first-order valence-corrected chi connectivity index (χ1v) is 5.89. The lowest BCUT2D eigenvalue weighted by molar-refractivity contribution is -0.138. The lowest BCUT2D eigenvalue weighted by Crippen LogP contribution is -2.40. The Morgan fingerprint density at radius 3 is 2.44 bits per heavy atom. The van der Waals surface area contributed by atoms with Gasteiger partial charge < -0.3 is 10.4 Å². The number of rotatable bonds is 6. The van der Waals surface area contributed by atoms with Crippen LogP contribution in [-0.4, -0.2) is 28.0 Å². The van der Waals surface area contributed by atoms with Crippen molar-refractivity contribution in [2.45, 2.75) is 32.7 Å². The van der Waals surface area contributed by atoms with Crippen LogP contribution in [0, 0.1) is 5.92 Å². The highest BCUT2D eigenvalue weighted by molar-refractivity contribution is 5.79. The number of carbonyl (C=O) groups is 2. The van der Waals surface area contributed by atoms with E-state index < -0.39 is 5.97 Å². The molecule has 0 aliphatic rings. The van der Waals surface area contributed by atoms with Crippen molar-refractivity contribution in [1.82, 2.24) is 10.3 Å². The van der Waals surface area contributed by atoms with Gasteiger partial charge in [0, 0.05) is 18.4 Å². The SMILES string of the molecule is CC(C)[C@H](CC(=O)O)NC(=O)Cc1ccncc1. The van der Waals surface area contributed by atoms with Crippen LogP contribution < -0.4 is 5.32 Å². The van der Waals surface area contributed by atoms with E-state index in [4.69, 9.17) is 5.11 Å². The van der Waals surface area contributed by atoms with Gasteiger partial charge in [0.2, 0.25) is 5.91 Å². The summed E-state index contributed by atoms with van der Waals surface area (Å²) < 4.78 is 0. The zero-order valence-corrected chi connectivity index (χ0v) is 10.6. The fourth-order valence-electron chi connectivity index (χ4n) is 1.59. The van der Waals surface area contributed by atoms with Crippen LogP contribution in [0.15, 0.2) is 24.5 Å². The molecule has 1 rings (SSSR count). The van der Waals surface area contributed by atoms with E-state index in [0.717, 1.165) is 5.56 Å². The van der Waals surface area contributed by atoms with Crippen molar-refractivity contribution in [3.63, 3.8) is 0 Å². The van der Waals surface area contributed by atoms with Gasteiger partial charge in [-0.25, -0.2) is 0 Å². The third kappa shape index (κ3) is 4.95. The minimum Gasteiger partial charge on any atom is -0.481 e. The number of nitrogens with one attached hydrogen (secondary N) is 1. The van der Waals surface area contributed by atoms with E-state index in [0.29, 0.717) is 0 Å². The van der Waals surface area contributed by atoms with Crippen molar-refractivity contribution in [2.24, 2.45) is 5.92 Å². The second kappa shape index (κ2) is 6.74. The van der Waals surface area contributed by atoms with Crippen LogP contribution >= 0.6 is 0 Å². The molecule has 0 aliphatic heterocycles. The smallest absolute Gasteiger partial charge is 0.305 e. The fourth-order valence-corrected chi connectivity index (χ4v) is 1.59. The first kappa shape index (κ1) is 14.2. The second-order valence-electron chi connectivity index (χ2n) is 4.55. The third-order valence-electron chi connectivity index (χ3n) is 2.66. The number of hydrogen-bond acceptors (Lipinski definition) is 3. The van der Waals surface area contributed by atoms with E-state index in [-0.39, 0.29) is 30.7 Å². The maximum absolute atomic E-state index is 11.8. The van der Waals surface area contributed by atoms with Crippen LogP contribution in [0.4, 0.5) is 0 Å². The normalized spacial score (nSPS) is 12.2. The Labute approximate surface area is 106 Å². The molecule has 0 saturated carbocycles. The van der Waals surface area contributed by atoms with Crippen LogP contribution in [0.25, 0.3) is 0 Å². The highest BCUT2D eigenvalue weighted by Gasteiger charge is 2.19. The van der Waals surface area contributed by atoms with Crippen LogP contribution in [0.5, 0.6) is 0 Å². The van der Waals surface area contributed by atoms with E-state index >= 15 is 0 Å². The van der Waals surface area contributed by atoms with Crippen molar-refractivity contribution in [3.8, 4) is 0 Å². The average Bonchev–Trinajstić information content (AvgIpc) is 2.28. The Kier molecular flexibility index (Phi) is 5.30. The Morgan fingerprint density at radius 1 is 1.33 bits per heavy atom. The summed E-state index contributed by atoms with van der Waals surface area (Å²) in [6.45, 7) is 3.78. The maximum Gasteiger partial charge on any atom is 0.305 e. The topological polar surface area (TPSA) is 79.3 Å². The van der Waals surface area contributed by atoms with Gasteiger partial charge in [-0.2, -0.15) is 0 Å². The van der Waals surface area contributed by atoms with Gasteiger partial charge in [0.25, 0.3) is 0 Å². The lowest BCUT2D eigenvalue weighted by Gasteiger charge is -2.20. The highest BCUT2D eigenvalue weighted by Crippen LogP contribution is 2.07. The number of carbonyl (C=O) groups excluding carboxylic acids is 1. The molecule has 0 spiro atoms. The van der Waals surface area contributed by atoms with Gasteiger partial charge in [-0.3, -0.25) is 14.6 Å². The molecule has 0 saturated heterocycles. The maximum atomic E-state index is 11.8. The lowest BCUT2D eigenvalue weighted by atomic mass is 10.0. The number of hydrogen-bond donors (Lipinski definition) is 2. The van der Waals surface area contributed by atoms with Crippen molar-refractivity contribution in [1.29, 1.82) is 0 Å². The third-order valence-corrected chi connectivity index (χ3v) is 2.66. The van der Waals surface area contributed by atoms with Crippen LogP contribution in [0.1, 0.15) is 25.8 Å². The van der Waals surface area contributed by atoms with Gasteiger partial charge in [-0.15, -0.1) is 0 Å².